The highest BCUT2D eigenvalue weighted by molar-refractivity contribution is 9.14. The molecule has 0 amide bonds. The van der Waals surface area contributed by atoms with E-state index in [4.69, 9.17) is 5.11 Å². The molecule has 1 aromatic rings. The number of aliphatic hydroxyl groups is 1. The van der Waals surface area contributed by atoms with E-state index < -0.39 is 41.0 Å². The van der Waals surface area contributed by atoms with Crippen LogP contribution in [0.1, 0.15) is 11.1 Å². The van der Waals surface area contributed by atoms with Gasteiger partial charge in [0.15, 0.2) is 23.3 Å². The third-order valence-corrected chi connectivity index (χ3v) is 3.74. The molecule has 0 aliphatic carbocycles. The lowest BCUT2D eigenvalue weighted by Gasteiger charge is -2.10. The van der Waals surface area contributed by atoms with Gasteiger partial charge in [0.2, 0.25) is 0 Å². The Morgan fingerprint density at radius 1 is 1.00 bits per heavy atom. The molecule has 0 saturated carbocycles. The predicted octanol–water partition coefficient (Wildman–Crippen LogP) is 3.91. The Hall–Kier alpha value is -0.400. The minimum atomic E-state index is -1.57. The van der Waals surface area contributed by atoms with Gasteiger partial charge in [0.25, 0.3) is 0 Å². The fourth-order valence-corrected chi connectivity index (χ4v) is 1.67. The Labute approximate surface area is 111 Å². The smallest absolute Gasteiger partial charge is 0.167 e. The summed E-state index contributed by atoms with van der Waals surface area (Å²) in [7, 11) is 0. The minimum absolute atomic E-state index is 0.311. The summed E-state index contributed by atoms with van der Waals surface area (Å²) >= 11 is 5.86. The van der Waals surface area contributed by atoms with Gasteiger partial charge >= 0.3 is 0 Å². The fraction of sp³-hybridized carbons (Fsp3) is 0.200. The largest absolute Gasteiger partial charge is 0.391 e. The van der Waals surface area contributed by atoms with E-state index in [1.807, 2.05) is 0 Å². The lowest BCUT2D eigenvalue weighted by molar-refractivity contribution is 0.262. The first kappa shape index (κ1) is 14.7. The summed E-state index contributed by atoms with van der Waals surface area (Å²) in [5.74, 6) is -6.15. The molecule has 0 bridgehead atoms. The molecule has 1 aromatic carbocycles. The maximum absolute atomic E-state index is 13.4. The van der Waals surface area contributed by atoms with Crippen molar-refractivity contribution < 1.29 is 22.7 Å². The molecule has 0 aliphatic rings. The van der Waals surface area contributed by atoms with Gasteiger partial charge in [0.05, 0.1) is 12.2 Å². The summed E-state index contributed by atoms with van der Waals surface area (Å²) in [4.78, 5) is 1.32. The zero-order chi connectivity index (χ0) is 13.2. The van der Waals surface area contributed by atoms with Crippen molar-refractivity contribution in [2.45, 2.75) is 13.0 Å². The summed E-state index contributed by atoms with van der Waals surface area (Å²) in [6.07, 6.45) is -0.345. The van der Waals surface area contributed by atoms with Crippen LogP contribution in [0, 0.1) is 23.3 Å². The lowest BCUT2D eigenvalue weighted by Crippen LogP contribution is -2.08. The average Bonchev–Trinajstić information content (AvgIpc) is 2.32. The molecule has 7 heteroatoms. The molecule has 1 rings (SSSR count). The SMILES string of the molecule is OCc1c(F)c(F)c(C/C(Br)=C/Br)c(F)c1F. The molecule has 0 aliphatic heterocycles. The maximum atomic E-state index is 13.4. The molecule has 0 saturated heterocycles. The van der Waals surface area contributed by atoms with E-state index in [1.165, 1.54) is 4.99 Å². The second-order valence-corrected chi connectivity index (χ2v) is 4.58. The maximum Gasteiger partial charge on any atom is 0.167 e. The number of hydrogen-bond acceptors (Lipinski definition) is 1. The molecule has 1 N–H and O–H groups in total. The van der Waals surface area contributed by atoms with Crippen molar-refractivity contribution in [3.63, 3.8) is 0 Å². The Balaban J connectivity index is 3.42. The van der Waals surface area contributed by atoms with Crippen molar-refractivity contribution in [1.29, 1.82) is 0 Å². The number of benzene rings is 1. The number of allylic oxidation sites excluding steroid dienone is 1. The quantitative estimate of drug-likeness (QED) is 0.625. The Morgan fingerprint density at radius 2 is 1.41 bits per heavy atom. The molecule has 0 radical (unpaired) electrons. The van der Waals surface area contributed by atoms with Crippen molar-refractivity contribution in [3.05, 3.63) is 43.9 Å². The normalized spacial score (nSPS) is 12.1. The van der Waals surface area contributed by atoms with E-state index >= 15 is 0 Å². The molecule has 94 valence electrons. The molecular formula is C10H6Br2F4O. The van der Waals surface area contributed by atoms with Gasteiger partial charge < -0.3 is 5.11 Å². The van der Waals surface area contributed by atoms with E-state index in [0.29, 0.717) is 4.48 Å². The standard InChI is InChI=1S/C10H6Br2F4O/c11-2-4(12)1-5-7(13)9(15)6(3-17)10(16)8(5)14/h2,17H,1,3H2/b4-2-. The first-order valence-electron chi connectivity index (χ1n) is 4.33. The van der Waals surface area contributed by atoms with Crippen molar-refractivity contribution in [2.75, 3.05) is 0 Å². The molecule has 0 aromatic heterocycles. The van der Waals surface area contributed by atoms with E-state index in [1.54, 1.807) is 0 Å². The Morgan fingerprint density at radius 3 is 1.76 bits per heavy atom. The Bertz CT molecular complexity index is 445. The molecule has 0 heterocycles. The zero-order valence-corrected chi connectivity index (χ0v) is 11.4. The van der Waals surface area contributed by atoms with Gasteiger partial charge in [0.1, 0.15) is 0 Å². The number of aliphatic hydroxyl groups excluding tert-OH is 1. The van der Waals surface area contributed by atoms with Crippen LogP contribution in [0.25, 0.3) is 0 Å². The fourth-order valence-electron chi connectivity index (χ4n) is 1.22. The Kier molecular flexibility index (Phi) is 5.15. The van der Waals surface area contributed by atoms with Crippen LogP contribution in [0.5, 0.6) is 0 Å². The number of halogens is 6. The first-order chi connectivity index (χ1) is 7.93. The van der Waals surface area contributed by atoms with E-state index in [2.05, 4.69) is 31.9 Å². The summed E-state index contributed by atoms with van der Waals surface area (Å²) in [6.45, 7) is -1.11. The van der Waals surface area contributed by atoms with E-state index in [0.717, 1.165) is 0 Å². The lowest BCUT2D eigenvalue weighted by atomic mass is 10.1. The minimum Gasteiger partial charge on any atom is -0.391 e. The van der Waals surface area contributed by atoms with Gasteiger partial charge in [-0.15, -0.1) is 0 Å². The average molecular weight is 378 g/mol. The second kappa shape index (κ2) is 5.97. The van der Waals surface area contributed by atoms with Crippen LogP contribution in [0.3, 0.4) is 0 Å². The van der Waals surface area contributed by atoms with Crippen molar-refractivity contribution in [1.82, 2.24) is 0 Å². The van der Waals surface area contributed by atoms with Gasteiger partial charge in [-0.25, -0.2) is 17.6 Å². The van der Waals surface area contributed by atoms with Gasteiger partial charge in [-0.3, -0.25) is 0 Å². The van der Waals surface area contributed by atoms with Gasteiger partial charge in [0, 0.05) is 16.5 Å². The molecule has 0 spiro atoms. The van der Waals surface area contributed by atoms with Crippen LogP contribution < -0.4 is 0 Å². The number of rotatable bonds is 3. The van der Waals surface area contributed by atoms with Crippen molar-refractivity contribution in [2.24, 2.45) is 0 Å². The van der Waals surface area contributed by atoms with Crippen LogP contribution in [0.4, 0.5) is 17.6 Å². The summed E-state index contributed by atoms with van der Waals surface area (Å²) < 4.78 is 53.7. The topological polar surface area (TPSA) is 20.2 Å². The third kappa shape index (κ3) is 2.89. The van der Waals surface area contributed by atoms with Crippen LogP contribution in [0.2, 0.25) is 0 Å². The molecule has 0 atom stereocenters. The van der Waals surface area contributed by atoms with E-state index in [-0.39, 0.29) is 6.42 Å². The summed E-state index contributed by atoms with van der Waals surface area (Å²) in [6, 6.07) is 0. The van der Waals surface area contributed by atoms with Gasteiger partial charge in [-0.2, -0.15) is 0 Å². The molecule has 0 fully saturated rings. The summed E-state index contributed by atoms with van der Waals surface area (Å²) in [5, 5.41) is 8.63. The van der Waals surface area contributed by atoms with Gasteiger partial charge in [-0.05, 0) is 4.99 Å². The highest BCUT2D eigenvalue weighted by atomic mass is 79.9. The molecule has 0 unspecified atom stereocenters. The number of hydrogen-bond donors (Lipinski definition) is 1. The highest BCUT2D eigenvalue weighted by Crippen LogP contribution is 2.27. The van der Waals surface area contributed by atoms with Crippen molar-refractivity contribution >= 4 is 31.9 Å². The molecule has 17 heavy (non-hydrogen) atoms. The summed E-state index contributed by atoms with van der Waals surface area (Å²) in [5.41, 5.74) is -1.75. The second-order valence-electron chi connectivity index (χ2n) is 3.10. The highest BCUT2D eigenvalue weighted by Gasteiger charge is 2.24. The van der Waals surface area contributed by atoms with E-state index in [9.17, 15) is 17.6 Å². The molecule has 1 nitrogen and oxygen atoms in total. The van der Waals surface area contributed by atoms with Crippen molar-refractivity contribution in [3.8, 4) is 0 Å². The van der Waals surface area contributed by atoms with Gasteiger partial charge in [-0.1, -0.05) is 31.9 Å². The van der Waals surface area contributed by atoms with Crippen LogP contribution >= 0.6 is 31.9 Å². The predicted molar refractivity (Wildman–Crippen MR) is 61.8 cm³/mol. The van der Waals surface area contributed by atoms with Crippen LogP contribution in [0.15, 0.2) is 9.47 Å². The monoisotopic (exact) mass is 376 g/mol. The first-order valence-corrected chi connectivity index (χ1v) is 6.04. The molecular weight excluding hydrogens is 372 g/mol. The van der Waals surface area contributed by atoms with Crippen LogP contribution in [-0.2, 0) is 13.0 Å². The van der Waals surface area contributed by atoms with Crippen LogP contribution in [-0.4, -0.2) is 5.11 Å². The zero-order valence-electron chi connectivity index (χ0n) is 8.21. The third-order valence-electron chi connectivity index (χ3n) is 2.07.